The molecule has 0 amide bonds. The molecule has 3 rings (SSSR count). The van der Waals surface area contributed by atoms with Crippen molar-refractivity contribution in [1.82, 2.24) is 9.55 Å². The van der Waals surface area contributed by atoms with Gasteiger partial charge in [0.2, 0.25) is 0 Å². The topological polar surface area (TPSA) is 84.7 Å². The lowest BCUT2D eigenvalue weighted by Crippen LogP contribution is -1.98. The van der Waals surface area contributed by atoms with Gasteiger partial charge in [0, 0.05) is 41.6 Å². The van der Waals surface area contributed by atoms with Gasteiger partial charge in [-0.2, -0.15) is 5.26 Å². The molecule has 0 N–H and O–H groups in total. The van der Waals surface area contributed by atoms with Crippen LogP contribution in [0.4, 0.5) is 5.69 Å². The Kier molecular flexibility index (Phi) is 4.63. The lowest BCUT2D eigenvalue weighted by atomic mass is 10.0. The Hall–Kier alpha value is -3.72. The summed E-state index contributed by atoms with van der Waals surface area (Å²) in [5, 5.41) is 20.3. The number of non-ortho nitro benzene ring substituents is 1. The van der Waals surface area contributed by atoms with Crippen LogP contribution in [0.5, 0.6) is 0 Å². The molecule has 0 bridgehead atoms. The number of nitro groups is 1. The van der Waals surface area contributed by atoms with Gasteiger partial charge in [0.15, 0.2) is 0 Å². The highest BCUT2D eigenvalue weighted by molar-refractivity contribution is 5.90. The van der Waals surface area contributed by atoms with Crippen LogP contribution >= 0.6 is 0 Å². The van der Waals surface area contributed by atoms with Crippen molar-refractivity contribution in [1.29, 1.82) is 5.26 Å². The molecule has 0 unspecified atom stereocenters. The Labute approximate surface area is 150 Å². The number of allylic oxidation sites excluding steroid dienone is 1. The molecule has 0 aliphatic carbocycles. The van der Waals surface area contributed by atoms with Crippen molar-refractivity contribution in [3.05, 3.63) is 87.5 Å². The van der Waals surface area contributed by atoms with Crippen molar-refractivity contribution in [2.45, 2.75) is 13.8 Å². The van der Waals surface area contributed by atoms with E-state index < -0.39 is 4.92 Å². The largest absolute Gasteiger partial charge is 0.318 e. The first-order valence-corrected chi connectivity index (χ1v) is 7.97. The van der Waals surface area contributed by atoms with Crippen molar-refractivity contribution >= 4 is 17.3 Å². The van der Waals surface area contributed by atoms with Crippen LogP contribution in [0.15, 0.2) is 54.9 Å². The van der Waals surface area contributed by atoms with Crippen molar-refractivity contribution in [2.75, 3.05) is 0 Å². The van der Waals surface area contributed by atoms with Gasteiger partial charge in [0.1, 0.15) is 0 Å². The highest BCUT2D eigenvalue weighted by Crippen LogP contribution is 2.26. The molecule has 128 valence electrons. The summed E-state index contributed by atoms with van der Waals surface area (Å²) in [5.74, 6) is 0. The minimum absolute atomic E-state index is 0.00176. The van der Waals surface area contributed by atoms with Gasteiger partial charge in [-0.15, -0.1) is 0 Å². The van der Waals surface area contributed by atoms with E-state index in [0.717, 1.165) is 22.6 Å². The summed E-state index contributed by atoms with van der Waals surface area (Å²) in [4.78, 5) is 14.4. The van der Waals surface area contributed by atoms with Gasteiger partial charge in [-0.3, -0.25) is 15.1 Å². The smallest absolute Gasteiger partial charge is 0.269 e. The SMILES string of the molecule is Cc1cc(/C=C(/C#N)c2ccc([N+](=O)[O-])cc2)c(C)n1-c1ccncc1. The zero-order chi connectivity index (χ0) is 18.7. The second kappa shape index (κ2) is 7.03. The van der Waals surface area contributed by atoms with E-state index in [-0.39, 0.29) is 5.69 Å². The van der Waals surface area contributed by atoms with Gasteiger partial charge in [-0.1, -0.05) is 0 Å². The van der Waals surface area contributed by atoms with Crippen LogP contribution in [0.3, 0.4) is 0 Å². The van der Waals surface area contributed by atoms with Gasteiger partial charge in [-0.05, 0) is 61.4 Å². The molecule has 0 aliphatic rings. The third-order valence-corrected chi connectivity index (χ3v) is 4.20. The summed E-state index contributed by atoms with van der Waals surface area (Å²) in [5.41, 5.74) is 5.07. The molecular formula is C20H16N4O2. The molecule has 0 fully saturated rings. The second-order valence-electron chi connectivity index (χ2n) is 5.84. The molecule has 2 aromatic heterocycles. The Morgan fingerprint density at radius 1 is 1.19 bits per heavy atom. The number of nitriles is 1. The molecule has 0 saturated carbocycles. The monoisotopic (exact) mass is 344 g/mol. The van der Waals surface area contributed by atoms with E-state index in [1.165, 1.54) is 12.1 Å². The molecule has 26 heavy (non-hydrogen) atoms. The summed E-state index contributed by atoms with van der Waals surface area (Å²) in [6.07, 6.45) is 5.28. The van der Waals surface area contributed by atoms with Gasteiger partial charge in [0.25, 0.3) is 5.69 Å². The maximum atomic E-state index is 10.8. The summed E-state index contributed by atoms with van der Waals surface area (Å²) in [6, 6.07) is 14.0. The Morgan fingerprint density at radius 2 is 1.85 bits per heavy atom. The van der Waals surface area contributed by atoms with Crippen LogP contribution in [-0.4, -0.2) is 14.5 Å². The Bertz CT molecular complexity index is 1030. The third-order valence-electron chi connectivity index (χ3n) is 4.20. The average Bonchev–Trinajstić information content (AvgIpc) is 2.93. The van der Waals surface area contributed by atoms with Gasteiger partial charge in [-0.25, -0.2) is 0 Å². The first kappa shape index (κ1) is 17.1. The van der Waals surface area contributed by atoms with Crippen LogP contribution in [-0.2, 0) is 0 Å². The number of aryl methyl sites for hydroxylation is 1. The van der Waals surface area contributed by atoms with E-state index in [2.05, 4.69) is 15.6 Å². The number of benzene rings is 1. The third kappa shape index (κ3) is 3.23. The molecule has 1 aromatic carbocycles. The fraction of sp³-hybridized carbons (Fsp3) is 0.100. The van der Waals surface area contributed by atoms with E-state index in [0.29, 0.717) is 11.1 Å². The molecule has 6 heteroatoms. The van der Waals surface area contributed by atoms with E-state index in [1.54, 1.807) is 30.6 Å². The van der Waals surface area contributed by atoms with Crippen LogP contribution < -0.4 is 0 Å². The Morgan fingerprint density at radius 3 is 2.42 bits per heavy atom. The highest BCUT2D eigenvalue weighted by Gasteiger charge is 2.12. The molecule has 6 nitrogen and oxygen atoms in total. The van der Waals surface area contributed by atoms with E-state index in [1.807, 2.05) is 32.0 Å². The minimum atomic E-state index is -0.456. The number of nitro benzene ring substituents is 1. The van der Waals surface area contributed by atoms with Crippen molar-refractivity contribution < 1.29 is 4.92 Å². The number of hydrogen-bond donors (Lipinski definition) is 0. The standard InChI is InChI=1S/C20H16N4O2/c1-14-11-17(15(2)23(14)19-7-9-22-10-8-19)12-18(13-21)16-3-5-20(6-4-16)24(25)26/h3-12H,1-2H3/b18-12-. The fourth-order valence-corrected chi connectivity index (χ4v) is 2.92. The first-order valence-electron chi connectivity index (χ1n) is 7.97. The fourth-order valence-electron chi connectivity index (χ4n) is 2.92. The summed E-state index contributed by atoms with van der Waals surface area (Å²) in [6.45, 7) is 3.99. The molecule has 0 aliphatic heterocycles. The van der Waals surface area contributed by atoms with Crippen LogP contribution in [0.25, 0.3) is 17.3 Å². The summed E-state index contributed by atoms with van der Waals surface area (Å²) < 4.78 is 2.10. The van der Waals surface area contributed by atoms with Gasteiger partial charge in [0.05, 0.1) is 16.6 Å². The molecule has 0 spiro atoms. The van der Waals surface area contributed by atoms with Gasteiger partial charge >= 0.3 is 0 Å². The zero-order valence-corrected chi connectivity index (χ0v) is 14.4. The lowest BCUT2D eigenvalue weighted by Gasteiger charge is -2.09. The molecule has 0 atom stereocenters. The number of hydrogen-bond acceptors (Lipinski definition) is 4. The van der Waals surface area contributed by atoms with E-state index >= 15 is 0 Å². The maximum absolute atomic E-state index is 10.8. The molecular weight excluding hydrogens is 328 g/mol. The summed E-state index contributed by atoms with van der Waals surface area (Å²) >= 11 is 0. The second-order valence-corrected chi connectivity index (χ2v) is 5.84. The predicted octanol–water partition coefficient (Wildman–Crippen LogP) is 4.46. The van der Waals surface area contributed by atoms with Crippen molar-refractivity contribution in [3.8, 4) is 11.8 Å². The number of nitrogens with zero attached hydrogens (tertiary/aromatic N) is 4. The zero-order valence-electron chi connectivity index (χ0n) is 14.4. The van der Waals surface area contributed by atoms with Crippen molar-refractivity contribution in [2.24, 2.45) is 0 Å². The average molecular weight is 344 g/mol. The van der Waals surface area contributed by atoms with E-state index in [4.69, 9.17) is 0 Å². The summed E-state index contributed by atoms with van der Waals surface area (Å²) in [7, 11) is 0. The molecule has 0 radical (unpaired) electrons. The first-order chi connectivity index (χ1) is 12.5. The normalized spacial score (nSPS) is 11.2. The minimum Gasteiger partial charge on any atom is -0.318 e. The van der Waals surface area contributed by atoms with Crippen LogP contribution in [0, 0.1) is 35.3 Å². The van der Waals surface area contributed by atoms with Crippen LogP contribution in [0.1, 0.15) is 22.5 Å². The highest BCUT2D eigenvalue weighted by atomic mass is 16.6. The maximum Gasteiger partial charge on any atom is 0.269 e. The predicted molar refractivity (Wildman–Crippen MR) is 99.6 cm³/mol. The number of rotatable bonds is 4. The number of pyridine rings is 1. The molecule has 2 heterocycles. The van der Waals surface area contributed by atoms with Crippen LogP contribution in [0.2, 0.25) is 0 Å². The van der Waals surface area contributed by atoms with E-state index in [9.17, 15) is 15.4 Å². The Balaban J connectivity index is 2.03. The molecule has 0 saturated heterocycles. The quantitative estimate of drug-likeness (QED) is 0.397. The van der Waals surface area contributed by atoms with Crippen molar-refractivity contribution in [3.63, 3.8) is 0 Å². The lowest BCUT2D eigenvalue weighted by molar-refractivity contribution is -0.384. The molecule has 3 aromatic rings. The number of aromatic nitrogens is 2. The van der Waals surface area contributed by atoms with Gasteiger partial charge < -0.3 is 4.57 Å².